The van der Waals surface area contributed by atoms with Crippen molar-refractivity contribution < 1.29 is 4.79 Å². The van der Waals surface area contributed by atoms with Crippen LogP contribution in [0.15, 0.2) is 10.5 Å². The summed E-state index contributed by atoms with van der Waals surface area (Å²) < 4.78 is 0. The van der Waals surface area contributed by atoms with E-state index >= 15 is 0 Å². The van der Waals surface area contributed by atoms with Gasteiger partial charge in [-0.2, -0.15) is 0 Å². The van der Waals surface area contributed by atoms with Gasteiger partial charge < -0.3 is 15.5 Å². The molecule has 7 heteroatoms. The molecule has 0 bridgehead atoms. The first-order chi connectivity index (χ1) is 11.1. The number of hydrogen-bond donors (Lipinski definition) is 2. The Morgan fingerprint density at radius 3 is 2.78 bits per heavy atom. The minimum absolute atomic E-state index is 0.143. The number of nitrogens with one attached hydrogen (secondary N) is 2. The van der Waals surface area contributed by atoms with E-state index in [1.54, 1.807) is 18.4 Å². The molecule has 1 saturated heterocycles. The van der Waals surface area contributed by atoms with Crippen molar-refractivity contribution in [3.8, 4) is 0 Å². The topological polar surface area (TPSA) is 69.6 Å². The Balaban J connectivity index is 1.91. The number of rotatable bonds is 5. The van der Waals surface area contributed by atoms with E-state index in [4.69, 9.17) is 4.99 Å². The Morgan fingerprint density at radius 2 is 2.22 bits per heavy atom. The lowest BCUT2D eigenvalue weighted by Crippen LogP contribution is -2.46. The molecule has 0 radical (unpaired) electrons. The molecule has 1 aromatic heterocycles. The van der Waals surface area contributed by atoms with Gasteiger partial charge in [-0.1, -0.05) is 0 Å². The molecular formula is C16H27N5OS. The SMILES string of the molecule is CCNC(=NCc1scnc1C)N1CCC(CC(=O)NC)CC1. The summed E-state index contributed by atoms with van der Waals surface area (Å²) in [6.07, 6.45) is 2.72. The lowest BCUT2D eigenvalue weighted by molar-refractivity contribution is -0.121. The number of guanidine groups is 1. The number of amides is 1. The molecule has 1 aliphatic heterocycles. The minimum Gasteiger partial charge on any atom is -0.359 e. The number of hydrogen-bond acceptors (Lipinski definition) is 4. The van der Waals surface area contributed by atoms with Gasteiger partial charge in [0, 0.05) is 38.0 Å². The zero-order chi connectivity index (χ0) is 16.7. The van der Waals surface area contributed by atoms with Crippen LogP contribution in [0.5, 0.6) is 0 Å². The normalized spacial score (nSPS) is 16.5. The van der Waals surface area contributed by atoms with Crippen LogP contribution in [0, 0.1) is 12.8 Å². The highest BCUT2D eigenvalue weighted by Crippen LogP contribution is 2.21. The predicted molar refractivity (Wildman–Crippen MR) is 94.6 cm³/mol. The second-order valence-electron chi connectivity index (χ2n) is 5.84. The molecule has 2 rings (SSSR count). The van der Waals surface area contributed by atoms with Crippen LogP contribution >= 0.6 is 11.3 Å². The summed E-state index contributed by atoms with van der Waals surface area (Å²) >= 11 is 1.66. The van der Waals surface area contributed by atoms with Crippen molar-refractivity contribution in [1.82, 2.24) is 20.5 Å². The fourth-order valence-corrected chi connectivity index (χ4v) is 3.46. The van der Waals surface area contributed by atoms with Gasteiger partial charge in [-0.3, -0.25) is 4.79 Å². The van der Waals surface area contributed by atoms with Crippen molar-refractivity contribution in [3.63, 3.8) is 0 Å². The van der Waals surface area contributed by atoms with Crippen molar-refractivity contribution in [3.05, 3.63) is 16.1 Å². The Bertz CT molecular complexity index is 534. The molecule has 6 nitrogen and oxygen atoms in total. The summed E-state index contributed by atoms with van der Waals surface area (Å²) in [7, 11) is 1.70. The Hall–Kier alpha value is -1.63. The van der Waals surface area contributed by atoms with Gasteiger partial charge in [0.1, 0.15) is 0 Å². The van der Waals surface area contributed by atoms with E-state index in [0.717, 1.165) is 44.1 Å². The fraction of sp³-hybridized carbons (Fsp3) is 0.688. The van der Waals surface area contributed by atoms with E-state index < -0.39 is 0 Å². The molecule has 23 heavy (non-hydrogen) atoms. The molecule has 0 saturated carbocycles. The molecular weight excluding hydrogens is 310 g/mol. The summed E-state index contributed by atoms with van der Waals surface area (Å²) in [6, 6.07) is 0. The van der Waals surface area contributed by atoms with E-state index in [2.05, 4.69) is 27.4 Å². The van der Waals surface area contributed by atoms with Crippen LogP contribution in [0.1, 0.15) is 36.8 Å². The smallest absolute Gasteiger partial charge is 0.220 e. The first-order valence-electron chi connectivity index (χ1n) is 8.26. The standard InChI is InChI=1S/C16H27N5OS/c1-4-18-16(19-10-14-12(2)20-11-23-14)21-7-5-13(6-8-21)9-15(22)17-3/h11,13H,4-10H2,1-3H3,(H,17,22)(H,18,19). The van der Waals surface area contributed by atoms with Gasteiger partial charge in [-0.15, -0.1) is 11.3 Å². The van der Waals surface area contributed by atoms with Crippen molar-refractivity contribution >= 4 is 23.2 Å². The maximum Gasteiger partial charge on any atom is 0.220 e. The van der Waals surface area contributed by atoms with Gasteiger partial charge in [0.15, 0.2) is 5.96 Å². The van der Waals surface area contributed by atoms with Gasteiger partial charge in [-0.05, 0) is 32.6 Å². The lowest BCUT2D eigenvalue weighted by Gasteiger charge is -2.34. The minimum atomic E-state index is 0.143. The first-order valence-corrected chi connectivity index (χ1v) is 9.14. The van der Waals surface area contributed by atoms with Crippen LogP contribution in [0.3, 0.4) is 0 Å². The molecule has 2 heterocycles. The van der Waals surface area contributed by atoms with E-state index in [0.29, 0.717) is 18.9 Å². The van der Waals surface area contributed by atoms with Gasteiger partial charge in [0.05, 0.1) is 17.7 Å². The van der Waals surface area contributed by atoms with E-state index in [-0.39, 0.29) is 5.91 Å². The Labute approximate surface area is 142 Å². The van der Waals surface area contributed by atoms with Crippen LogP contribution in [0.25, 0.3) is 0 Å². The average Bonchev–Trinajstić information content (AvgIpc) is 2.97. The molecule has 0 atom stereocenters. The number of aromatic nitrogens is 1. The van der Waals surface area contributed by atoms with Crippen LogP contribution in [-0.2, 0) is 11.3 Å². The fourth-order valence-electron chi connectivity index (χ4n) is 2.76. The zero-order valence-corrected chi connectivity index (χ0v) is 15.1. The molecule has 2 N–H and O–H groups in total. The monoisotopic (exact) mass is 337 g/mol. The van der Waals surface area contributed by atoms with Crippen molar-refractivity contribution in [2.45, 2.75) is 39.7 Å². The maximum atomic E-state index is 11.5. The van der Waals surface area contributed by atoms with E-state index in [9.17, 15) is 4.79 Å². The van der Waals surface area contributed by atoms with Crippen LogP contribution < -0.4 is 10.6 Å². The highest BCUT2D eigenvalue weighted by atomic mass is 32.1. The number of nitrogens with zero attached hydrogens (tertiary/aromatic N) is 3. The van der Waals surface area contributed by atoms with Crippen molar-refractivity contribution in [2.24, 2.45) is 10.9 Å². The summed E-state index contributed by atoms with van der Waals surface area (Å²) in [5.74, 6) is 1.60. The number of carbonyl (C=O) groups excluding carboxylic acids is 1. The molecule has 1 aliphatic rings. The van der Waals surface area contributed by atoms with Crippen molar-refractivity contribution in [2.75, 3.05) is 26.7 Å². The zero-order valence-electron chi connectivity index (χ0n) is 14.3. The van der Waals surface area contributed by atoms with E-state index in [1.165, 1.54) is 4.88 Å². The maximum absolute atomic E-state index is 11.5. The molecule has 1 amide bonds. The second-order valence-corrected chi connectivity index (χ2v) is 6.78. The second kappa shape index (κ2) is 8.86. The molecule has 0 spiro atoms. The largest absolute Gasteiger partial charge is 0.359 e. The molecule has 0 unspecified atom stereocenters. The molecule has 1 aromatic rings. The lowest BCUT2D eigenvalue weighted by atomic mass is 9.93. The van der Waals surface area contributed by atoms with E-state index in [1.807, 2.05) is 12.4 Å². The van der Waals surface area contributed by atoms with Crippen LogP contribution in [0.2, 0.25) is 0 Å². The van der Waals surface area contributed by atoms with Gasteiger partial charge in [0.2, 0.25) is 5.91 Å². The van der Waals surface area contributed by atoms with Crippen LogP contribution in [0.4, 0.5) is 0 Å². The third-order valence-corrected chi connectivity index (χ3v) is 5.14. The first kappa shape index (κ1) is 17.7. The number of likely N-dealkylation sites (tertiary alicyclic amines) is 1. The summed E-state index contributed by atoms with van der Waals surface area (Å²) in [4.78, 5) is 24.1. The Morgan fingerprint density at radius 1 is 1.48 bits per heavy atom. The summed E-state index contributed by atoms with van der Waals surface area (Å²) in [6.45, 7) is 7.56. The third kappa shape index (κ3) is 5.20. The molecule has 0 aliphatic carbocycles. The number of aliphatic imine (C=N–C) groups is 1. The number of aryl methyl sites for hydroxylation is 1. The van der Waals surface area contributed by atoms with Gasteiger partial charge in [0.25, 0.3) is 0 Å². The van der Waals surface area contributed by atoms with Crippen molar-refractivity contribution in [1.29, 1.82) is 0 Å². The predicted octanol–water partition coefficient (Wildman–Crippen LogP) is 1.77. The average molecular weight is 337 g/mol. The van der Waals surface area contributed by atoms with Crippen LogP contribution in [-0.4, -0.2) is 48.4 Å². The number of carbonyl (C=O) groups is 1. The third-order valence-electron chi connectivity index (χ3n) is 4.22. The van der Waals surface area contributed by atoms with Gasteiger partial charge >= 0.3 is 0 Å². The quantitative estimate of drug-likeness (QED) is 0.635. The number of thiazole rings is 1. The number of piperidine rings is 1. The molecule has 128 valence electrons. The highest BCUT2D eigenvalue weighted by Gasteiger charge is 2.23. The highest BCUT2D eigenvalue weighted by molar-refractivity contribution is 7.09. The Kier molecular flexibility index (Phi) is 6.83. The van der Waals surface area contributed by atoms with Gasteiger partial charge in [-0.25, -0.2) is 9.98 Å². The molecule has 1 fully saturated rings. The molecule has 0 aromatic carbocycles. The summed E-state index contributed by atoms with van der Waals surface area (Å²) in [5, 5.41) is 6.10. The summed E-state index contributed by atoms with van der Waals surface area (Å²) in [5.41, 5.74) is 2.94.